The summed E-state index contributed by atoms with van der Waals surface area (Å²) in [4.78, 5) is 20.2. The summed E-state index contributed by atoms with van der Waals surface area (Å²) >= 11 is 1.26. The highest BCUT2D eigenvalue weighted by Crippen LogP contribution is 2.24. The van der Waals surface area contributed by atoms with Gasteiger partial charge in [0.25, 0.3) is 5.91 Å². The van der Waals surface area contributed by atoms with Gasteiger partial charge in [0, 0.05) is 29.6 Å². The van der Waals surface area contributed by atoms with Crippen LogP contribution in [0.15, 0.2) is 30.5 Å². The van der Waals surface area contributed by atoms with Gasteiger partial charge in [0.1, 0.15) is 22.3 Å². The van der Waals surface area contributed by atoms with Crippen molar-refractivity contribution in [1.29, 1.82) is 0 Å². The largest absolute Gasteiger partial charge is 0.391 e. The summed E-state index contributed by atoms with van der Waals surface area (Å²) in [7, 11) is 0. The molecule has 0 fully saturated rings. The first-order valence-corrected chi connectivity index (χ1v) is 8.96. The number of aliphatic hydroxyl groups is 1. The van der Waals surface area contributed by atoms with Crippen LogP contribution >= 0.6 is 11.3 Å². The molecule has 0 bridgehead atoms. The van der Waals surface area contributed by atoms with E-state index in [0.29, 0.717) is 21.1 Å². The normalized spacial score (nSPS) is 12.2. The highest BCUT2D eigenvalue weighted by atomic mass is 32.1. The molecule has 0 aliphatic rings. The van der Waals surface area contributed by atoms with Gasteiger partial charge in [-0.2, -0.15) is 0 Å². The van der Waals surface area contributed by atoms with Crippen LogP contribution in [-0.2, 0) is 6.61 Å². The molecule has 1 unspecified atom stereocenters. The molecule has 2 aromatic heterocycles. The number of hydrogen-bond donors (Lipinski definition) is 4. The average Bonchev–Trinajstić information content (AvgIpc) is 3.33. The Balaban J connectivity index is 1.78. The summed E-state index contributed by atoms with van der Waals surface area (Å²) in [6.45, 7) is 1.36. The minimum Gasteiger partial charge on any atom is -0.391 e. The van der Waals surface area contributed by atoms with Crippen molar-refractivity contribution in [3.63, 3.8) is 0 Å². The molecule has 0 aliphatic heterocycles. The van der Waals surface area contributed by atoms with E-state index < -0.39 is 23.6 Å². The molecule has 1 atom stereocenters. The number of amides is 1. The van der Waals surface area contributed by atoms with Gasteiger partial charge in [-0.3, -0.25) is 4.79 Å². The standard InChI is InChI=1S/C18H18F2N4O2S/c1-9-12(19)4-10(5-13(9)20)14-2-3-15(23-14)17(26)24-16(6-21)18-22-7-11(8-25)27-18/h2-5,7,16,23,25H,6,8,21H2,1H3,(H,24,26). The number of carbonyl (C=O) groups is 1. The Morgan fingerprint density at radius 1 is 1.37 bits per heavy atom. The van der Waals surface area contributed by atoms with Crippen LogP contribution in [0.2, 0.25) is 0 Å². The summed E-state index contributed by atoms with van der Waals surface area (Å²) in [5.41, 5.74) is 6.61. The molecule has 3 aromatic rings. The van der Waals surface area contributed by atoms with Crippen molar-refractivity contribution in [3.05, 3.63) is 63.2 Å². The molecule has 0 spiro atoms. The molecular weight excluding hydrogens is 374 g/mol. The number of hydrogen-bond acceptors (Lipinski definition) is 5. The first-order valence-electron chi connectivity index (χ1n) is 8.14. The number of aromatic nitrogens is 2. The number of nitrogens with one attached hydrogen (secondary N) is 2. The second-order valence-corrected chi connectivity index (χ2v) is 7.08. The number of benzene rings is 1. The van der Waals surface area contributed by atoms with Crippen molar-refractivity contribution in [2.75, 3.05) is 6.54 Å². The van der Waals surface area contributed by atoms with Crippen molar-refractivity contribution < 1.29 is 18.7 Å². The van der Waals surface area contributed by atoms with Crippen LogP contribution in [0.1, 0.15) is 32.0 Å². The lowest BCUT2D eigenvalue weighted by Gasteiger charge is -2.13. The van der Waals surface area contributed by atoms with Gasteiger partial charge >= 0.3 is 0 Å². The fraction of sp³-hybridized carbons (Fsp3) is 0.222. The second kappa shape index (κ2) is 7.95. The van der Waals surface area contributed by atoms with E-state index in [9.17, 15) is 13.6 Å². The van der Waals surface area contributed by atoms with Gasteiger partial charge in [-0.05, 0) is 31.2 Å². The summed E-state index contributed by atoms with van der Waals surface area (Å²) in [6, 6.07) is 5.00. The topological polar surface area (TPSA) is 104 Å². The van der Waals surface area contributed by atoms with Crippen molar-refractivity contribution in [2.45, 2.75) is 19.6 Å². The number of aliphatic hydroxyl groups excluding tert-OH is 1. The highest BCUT2D eigenvalue weighted by Gasteiger charge is 2.19. The number of H-pyrrole nitrogens is 1. The van der Waals surface area contributed by atoms with E-state index in [1.165, 1.54) is 42.7 Å². The number of aromatic amines is 1. The van der Waals surface area contributed by atoms with Gasteiger partial charge in [0.2, 0.25) is 0 Å². The maximum atomic E-state index is 13.8. The molecule has 1 aromatic carbocycles. The number of rotatable bonds is 6. The summed E-state index contributed by atoms with van der Waals surface area (Å²) in [6.07, 6.45) is 1.53. The van der Waals surface area contributed by atoms with E-state index in [4.69, 9.17) is 10.8 Å². The lowest BCUT2D eigenvalue weighted by atomic mass is 10.1. The third-order valence-corrected chi connectivity index (χ3v) is 5.18. The maximum absolute atomic E-state index is 13.8. The Kier molecular flexibility index (Phi) is 5.64. The summed E-state index contributed by atoms with van der Waals surface area (Å²) in [5, 5.41) is 12.5. The quantitative estimate of drug-likeness (QED) is 0.518. The Hall–Kier alpha value is -2.62. The van der Waals surface area contributed by atoms with E-state index >= 15 is 0 Å². The lowest BCUT2D eigenvalue weighted by Crippen LogP contribution is -2.33. The van der Waals surface area contributed by atoms with Gasteiger partial charge in [0.15, 0.2) is 0 Å². The van der Waals surface area contributed by atoms with Gasteiger partial charge in [0.05, 0.1) is 17.5 Å². The Bertz CT molecular complexity index is 947. The van der Waals surface area contributed by atoms with Gasteiger partial charge < -0.3 is 21.1 Å². The number of halogens is 2. The van der Waals surface area contributed by atoms with E-state index in [1.54, 1.807) is 6.07 Å². The van der Waals surface area contributed by atoms with Crippen molar-refractivity contribution in [3.8, 4) is 11.3 Å². The van der Waals surface area contributed by atoms with Crippen LogP contribution < -0.4 is 11.1 Å². The predicted molar refractivity (Wildman–Crippen MR) is 98.2 cm³/mol. The Morgan fingerprint density at radius 3 is 2.67 bits per heavy atom. The first kappa shape index (κ1) is 19.2. The fourth-order valence-corrected chi connectivity index (χ4v) is 3.35. The van der Waals surface area contributed by atoms with Gasteiger partial charge in [-0.1, -0.05) is 0 Å². The molecule has 0 radical (unpaired) electrons. The smallest absolute Gasteiger partial charge is 0.268 e. The zero-order valence-corrected chi connectivity index (χ0v) is 15.2. The summed E-state index contributed by atoms with van der Waals surface area (Å²) < 4.78 is 27.5. The van der Waals surface area contributed by atoms with E-state index in [0.717, 1.165) is 0 Å². The SMILES string of the molecule is Cc1c(F)cc(-c2ccc(C(=O)NC(CN)c3ncc(CO)s3)[nH]2)cc1F. The van der Waals surface area contributed by atoms with Crippen LogP contribution in [0.25, 0.3) is 11.3 Å². The molecule has 6 nitrogen and oxygen atoms in total. The lowest BCUT2D eigenvalue weighted by molar-refractivity contribution is 0.0933. The maximum Gasteiger partial charge on any atom is 0.268 e. The molecule has 2 heterocycles. The molecule has 27 heavy (non-hydrogen) atoms. The highest BCUT2D eigenvalue weighted by molar-refractivity contribution is 7.11. The fourth-order valence-electron chi connectivity index (χ4n) is 2.51. The number of nitrogens with two attached hydrogens (primary N) is 1. The molecular formula is C18H18F2N4O2S. The van der Waals surface area contributed by atoms with Gasteiger partial charge in [-0.15, -0.1) is 11.3 Å². The van der Waals surface area contributed by atoms with E-state index in [-0.39, 0.29) is 24.4 Å². The molecule has 3 rings (SSSR count). The molecule has 0 saturated carbocycles. The molecule has 0 saturated heterocycles. The zero-order chi connectivity index (χ0) is 19.6. The third kappa shape index (κ3) is 4.05. The van der Waals surface area contributed by atoms with Crippen molar-refractivity contribution in [2.24, 2.45) is 5.73 Å². The van der Waals surface area contributed by atoms with Crippen LogP contribution in [0, 0.1) is 18.6 Å². The van der Waals surface area contributed by atoms with E-state index in [1.807, 2.05) is 0 Å². The average molecular weight is 392 g/mol. The van der Waals surface area contributed by atoms with Gasteiger partial charge in [-0.25, -0.2) is 13.8 Å². The minimum atomic E-state index is -0.655. The molecule has 0 aliphatic carbocycles. The zero-order valence-electron chi connectivity index (χ0n) is 14.4. The Labute approximate surface area is 158 Å². The van der Waals surface area contributed by atoms with Crippen LogP contribution in [0.5, 0.6) is 0 Å². The molecule has 1 amide bonds. The Morgan fingerprint density at radius 2 is 2.07 bits per heavy atom. The molecule has 142 valence electrons. The van der Waals surface area contributed by atoms with Crippen LogP contribution in [-0.4, -0.2) is 27.5 Å². The number of carbonyl (C=O) groups excluding carboxylic acids is 1. The number of nitrogens with zero attached hydrogens (tertiary/aromatic N) is 1. The second-order valence-electron chi connectivity index (χ2n) is 5.94. The molecule has 5 N–H and O–H groups in total. The predicted octanol–water partition coefficient (Wildman–Crippen LogP) is 2.65. The first-order chi connectivity index (χ1) is 12.9. The van der Waals surface area contributed by atoms with Crippen molar-refractivity contribution >= 4 is 17.2 Å². The van der Waals surface area contributed by atoms with Crippen molar-refractivity contribution in [1.82, 2.24) is 15.3 Å². The summed E-state index contributed by atoms with van der Waals surface area (Å²) in [5.74, 6) is -1.74. The van der Waals surface area contributed by atoms with E-state index in [2.05, 4.69) is 15.3 Å². The third-order valence-electron chi connectivity index (χ3n) is 4.09. The monoisotopic (exact) mass is 392 g/mol. The molecule has 9 heteroatoms. The van der Waals surface area contributed by atoms with Crippen LogP contribution in [0.4, 0.5) is 8.78 Å². The van der Waals surface area contributed by atoms with Crippen LogP contribution in [0.3, 0.4) is 0 Å². The number of thiazole rings is 1. The minimum absolute atomic E-state index is 0.0558.